The van der Waals surface area contributed by atoms with Crippen LogP contribution in [-0.4, -0.2) is 4.98 Å². The summed E-state index contributed by atoms with van der Waals surface area (Å²) < 4.78 is 12.7. The predicted octanol–water partition coefficient (Wildman–Crippen LogP) is 2.83. The number of nitrogens with zero attached hydrogens (tertiary/aromatic N) is 1. The Bertz CT molecular complexity index is 464. The van der Waals surface area contributed by atoms with Crippen molar-refractivity contribution in [3.05, 3.63) is 51.7 Å². The molecule has 0 saturated carbocycles. The zero-order valence-electron chi connectivity index (χ0n) is 8.98. The van der Waals surface area contributed by atoms with E-state index >= 15 is 0 Å². The molecule has 0 amide bonds. The summed E-state index contributed by atoms with van der Waals surface area (Å²) in [5.74, 6) is -0.221. The Hall–Kier alpha value is -1.26. The highest BCUT2D eigenvalue weighted by molar-refractivity contribution is 7.09. The van der Waals surface area contributed by atoms with Gasteiger partial charge >= 0.3 is 0 Å². The quantitative estimate of drug-likeness (QED) is 0.890. The van der Waals surface area contributed by atoms with E-state index in [4.69, 9.17) is 5.73 Å². The second-order valence-electron chi connectivity index (χ2n) is 3.73. The van der Waals surface area contributed by atoms with E-state index in [2.05, 4.69) is 4.98 Å². The molecule has 0 saturated heterocycles. The van der Waals surface area contributed by atoms with Crippen LogP contribution >= 0.6 is 11.3 Å². The molecule has 0 aliphatic heterocycles. The topological polar surface area (TPSA) is 38.9 Å². The van der Waals surface area contributed by atoms with Crippen molar-refractivity contribution in [2.75, 3.05) is 0 Å². The van der Waals surface area contributed by atoms with E-state index in [9.17, 15) is 4.39 Å². The first-order valence-electron chi connectivity index (χ1n) is 5.07. The van der Waals surface area contributed by atoms with Gasteiger partial charge in [-0.05, 0) is 31.0 Å². The Labute approximate surface area is 97.9 Å². The first-order valence-corrected chi connectivity index (χ1v) is 5.95. The van der Waals surface area contributed by atoms with E-state index in [1.807, 2.05) is 12.3 Å². The minimum atomic E-state index is -0.221. The Morgan fingerprint density at radius 3 is 2.62 bits per heavy atom. The van der Waals surface area contributed by atoms with Gasteiger partial charge in [0.25, 0.3) is 0 Å². The van der Waals surface area contributed by atoms with Crippen LogP contribution in [0.15, 0.2) is 29.6 Å². The van der Waals surface area contributed by atoms with E-state index in [-0.39, 0.29) is 11.9 Å². The van der Waals surface area contributed by atoms with Gasteiger partial charge in [-0.1, -0.05) is 12.1 Å². The number of nitrogens with two attached hydrogens (primary N) is 1. The van der Waals surface area contributed by atoms with Crippen molar-refractivity contribution in [2.24, 2.45) is 5.73 Å². The number of aryl methyl sites for hydroxylation is 1. The van der Waals surface area contributed by atoms with Crippen molar-refractivity contribution in [1.29, 1.82) is 0 Å². The third kappa shape index (κ3) is 2.65. The zero-order chi connectivity index (χ0) is 11.5. The Balaban J connectivity index is 2.07. The lowest BCUT2D eigenvalue weighted by Gasteiger charge is -2.08. The molecule has 2 rings (SSSR count). The molecule has 2 aromatic rings. The molecule has 16 heavy (non-hydrogen) atoms. The van der Waals surface area contributed by atoms with Crippen molar-refractivity contribution in [3.63, 3.8) is 0 Å². The van der Waals surface area contributed by atoms with Crippen LogP contribution in [0.2, 0.25) is 0 Å². The molecule has 1 atom stereocenters. The minimum Gasteiger partial charge on any atom is -0.322 e. The molecule has 1 aromatic heterocycles. The number of halogens is 1. The molecular weight excluding hydrogens is 223 g/mol. The molecule has 0 aliphatic rings. The van der Waals surface area contributed by atoms with E-state index in [0.29, 0.717) is 6.42 Å². The minimum absolute atomic E-state index is 0.115. The third-order valence-electron chi connectivity index (χ3n) is 2.39. The lowest BCUT2D eigenvalue weighted by Crippen LogP contribution is -2.13. The van der Waals surface area contributed by atoms with Crippen LogP contribution in [0, 0.1) is 12.7 Å². The van der Waals surface area contributed by atoms with Crippen LogP contribution in [-0.2, 0) is 6.42 Å². The monoisotopic (exact) mass is 236 g/mol. The molecule has 0 radical (unpaired) electrons. The van der Waals surface area contributed by atoms with Crippen molar-refractivity contribution in [2.45, 2.75) is 19.4 Å². The Kier molecular flexibility index (Phi) is 3.31. The Morgan fingerprint density at radius 2 is 2.06 bits per heavy atom. The normalized spacial score (nSPS) is 12.7. The van der Waals surface area contributed by atoms with E-state index in [1.54, 1.807) is 23.5 Å². The van der Waals surface area contributed by atoms with Gasteiger partial charge in [0.15, 0.2) is 0 Å². The number of hydrogen-bond donors (Lipinski definition) is 1. The van der Waals surface area contributed by atoms with Crippen LogP contribution in [0.3, 0.4) is 0 Å². The maximum absolute atomic E-state index is 12.7. The van der Waals surface area contributed by atoms with Crippen molar-refractivity contribution in [3.8, 4) is 0 Å². The van der Waals surface area contributed by atoms with Gasteiger partial charge in [0.05, 0.1) is 16.7 Å². The summed E-state index contributed by atoms with van der Waals surface area (Å²) in [7, 11) is 0. The van der Waals surface area contributed by atoms with Gasteiger partial charge in [0.1, 0.15) is 5.82 Å². The first kappa shape index (κ1) is 11.2. The lowest BCUT2D eigenvalue weighted by atomic mass is 10.0. The SMILES string of the molecule is Cc1nc(C(N)Cc2ccc(F)cc2)cs1. The molecule has 0 spiro atoms. The maximum Gasteiger partial charge on any atom is 0.123 e. The fraction of sp³-hybridized carbons (Fsp3) is 0.250. The molecule has 0 fully saturated rings. The summed E-state index contributed by atoms with van der Waals surface area (Å²) >= 11 is 1.59. The van der Waals surface area contributed by atoms with Crippen molar-refractivity contribution in [1.82, 2.24) is 4.98 Å². The zero-order valence-corrected chi connectivity index (χ0v) is 9.80. The predicted molar refractivity (Wildman–Crippen MR) is 63.9 cm³/mol. The third-order valence-corrected chi connectivity index (χ3v) is 3.18. The molecule has 0 aliphatic carbocycles. The van der Waals surface area contributed by atoms with Crippen molar-refractivity contribution < 1.29 is 4.39 Å². The van der Waals surface area contributed by atoms with Gasteiger partial charge in [0, 0.05) is 5.38 Å². The number of benzene rings is 1. The summed E-state index contributed by atoms with van der Waals surface area (Å²) in [4.78, 5) is 4.34. The summed E-state index contributed by atoms with van der Waals surface area (Å²) in [6.07, 6.45) is 0.684. The van der Waals surface area contributed by atoms with Gasteiger partial charge in [-0.25, -0.2) is 9.37 Å². The lowest BCUT2D eigenvalue weighted by molar-refractivity contribution is 0.625. The second kappa shape index (κ2) is 4.72. The molecule has 0 bridgehead atoms. The number of hydrogen-bond acceptors (Lipinski definition) is 3. The summed E-state index contributed by atoms with van der Waals surface area (Å²) in [6.45, 7) is 1.96. The molecule has 1 unspecified atom stereocenters. The van der Waals surface area contributed by atoms with Crippen LogP contribution in [0.5, 0.6) is 0 Å². The smallest absolute Gasteiger partial charge is 0.123 e. The fourth-order valence-corrected chi connectivity index (χ4v) is 2.21. The summed E-state index contributed by atoms with van der Waals surface area (Å²) in [5, 5.41) is 2.99. The molecule has 1 aromatic carbocycles. The van der Waals surface area contributed by atoms with Gasteiger partial charge in [-0.15, -0.1) is 11.3 Å². The largest absolute Gasteiger partial charge is 0.322 e. The van der Waals surface area contributed by atoms with Crippen molar-refractivity contribution >= 4 is 11.3 Å². The molecule has 84 valence electrons. The molecule has 2 N–H and O–H groups in total. The maximum atomic E-state index is 12.7. The first-order chi connectivity index (χ1) is 7.65. The average Bonchev–Trinajstić information content (AvgIpc) is 2.68. The summed E-state index contributed by atoms with van der Waals surface area (Å²) in [5.41, 5.74) is 7.97. The van der Waals surface area contributed by atoms with Gasteiger partial charge in [0.2, 0.25) is 0 Å². The number of rotatable bonds is 3. The molecule has 4 heteroatoms. The van der Waals surface area contributed by atoms with Crippen LogP contribution in [0.4, 0.5) is 4.39 Å². The standard InChI is InChI=1S/C12H13FN2S/c1-8-15-12(7-16-8)11(14)6-9-2-4-10(13)5-3-9/h2-5,7,11H,6,14H2,1H3. The highest BCUT2D eigenvalue weighted by Crippen LogP contribution is 2.18. The van der Waals surface area contributed by atoms with Gasteiger partial charge < -0.3 is 5.73 Å². The molecule has 1 heterocycles. The van der Waals surface area contributed by atoms with E-state index in [0.717, 1.165) is 16.3 Å². The Morgan fingerprint density at radius 1 is 1.38 bits per heavy atom. The highest BCUT2D eigenvalue weighted by atomic mass is 32.1. The highest BCUT2D eigenvalue weighted by Gasteiger charge is 2.10. The molecule has 2 nitrogen and oxygen atoms in total. The van der Waals surface area contributed by atoms with Gasteiger partial charge in [-0.2, -0.15) is 0 Å². The van der Waals surface area contributed by atoms with Crippen LogP contribution in [0.1, 0.15) is 22.3 Å². The number of aromatic nitrogens is 1. The second-order valence-corrected chi connectivity index (χ2v) is 4.79. The van der Waals surface area contributed by atoms with Crippen LogP contribution in [0.25, 0.3) is 0 Å². The molecular formula is C12H13FN2S. The average molecular weight is 236 g/mol. The fourth-order valence-electron chi connectivity index (χ4n) is 1.53. The van der Waals surface area contributed by atoms with E-state index in [1.165, 1.54) is 12.1 Å². The van der Waals surface area contributed by atoms with Gasteiger partial charge in [-0.3, -0.25) is 0 Å². The van der Waals surface area contributed by atoms with Crippen LogP contribution < -0.4 is 5.73 Å². The number of thiazole rings is 1. The summed E-state index contributed by atoms with van der Waals surface area (Å²) in [6, 6.07) is 6.31. The van der Waals surface area contributed by atoms with E-state index < -0.39 is 0 Å².